The van der Waals surface area contributed by atoms with Gasteiger partial charge in [-0.2, -0.15) is 13.2 Å². The van der Waals surface area contributed by atoms with Crippen molar-refractivity contribution in [2.24, 2.45) is 5.92 Å². The van der Waals surface area contributed by atoms with E-state index in [1.165, 1.54) is 18.3 Å². The Hall–Kier alpha value is -2.61. The fourth-order valence-electron chi connectivity index (χ4n) is 3.02. The fourth-order valence-corrected chi connectivity index (χ4v) is 3.13. The van der Waals surface area contributed by atoms with Crippen LogP contribution in [0.25, 0.3) is 0 Å². The molecule has 0 saturated carbocycles. The van der Waals surface area contributed by atoms with Gasteiger partial charge in [0.15, 0.2) is 0 Å². The molecule has 5 nitrogen and oxygen atoms in total. The van der Waals surface area contributed by atoms with Gasteiger partial charge in [-0.15, -0.1) is 0 Å². The molecule has 2 aromatic rings. The Balaban J connectivity index is 0.00000155. The van der Waals surface area contributed by atoms with Gasteiger partial charge in [0.05, 0.1) is 17.4 Å². The van der Waals surface area contributed by atoms with Crippen LogP contribution >= 0.6 is 11.6 Å². The highest BCUT2D eigenvalue weighted by Crippen LogP contribution is 2.29. The maximum Gasteiger partial charge on any atom is 0.416 e. The minimum Gasteiger partial charge on any atom is -0.339 e. The molecule has 0 spiro atoms. The van der Waals surface area contributed by atoms with Crippen LogP contribution in [-0.2, 0) is 11.0 Å². The van der Waals surface area contributed by atoms with Gasteiger partial charge in [-0.25, -0.2) is 4.98 Å². The van der Waals surface area contributed by atoms with Gasteiger partial charge >= 0.3 is 6.18 Å². The van der Waals surface area contributed by atoms with Gasteiger partial charge in [0, 0.05) is 24.6 Å². The third kappa shape index (κ3) is 6.19. The fraction of sp³-hybridized carbons (Fsp3) is 0.381. The number of rotatable bonds is 3. The summed E-state index contributed by atoms with van der Waals surface area (Å²) in [7, 11) is 0. The Kier molecular flexibility index (Phi) is 8.23. The zero-order chi connectivity index (χ0) is 22.3. The molecular weight excluding hydrogens is 419 g/mol. The molecule has 0 aliphatic carbocycles. The second-order valence-electron chi connectivity index (χ2n) is 6.50. The highest BCUT2D eigenvalue weighted by Gasteiger charge is 2.31. The van der Waals surface area contributed by atoms with Crippen LogP contribution in [0.5, 0.6) is 0 Å². The van der Waals surface area contributed by atoms with E-state index in [0.717, 1.165) is 12.1 Å². The molecule has 1 saturated heterocycles. The summed E-state index contributed by atoms with van der Waals surface area (Å²) >= 11 is 5.71. The number of nitrogens with zero attached hydrogens (tertiary/aromatic N) is 2. The first-order valence-electron chi connectivity index (χ1n) is 9.63. The lowest BCUT2D eigenvalue weighted by Crippen LogP contribution is -2.41. The van der Waals surface area contributed by atoms with Crippen LogP contribution in [0.15, 0.2) is 42.6 Å². The number of pyridine rings is 1. The number of nitrogens with one attached hydrogen (secondary N) is 1. The number of anilines is 1. The summed E-state index contributed by atoms with van der Waals surface area (Å²) in [5.74, 6) is -0.757. The van der Waals surface area contributed by atoms with Crippen LogP contribution in [0, 0.1) is 5.92 Å². The lowest BCUT2D eigenvalue weighted by molar-refractivity contribution is -0.137. The summed E-state index contributed by atoms with van der Waals surface area (Å²) < 4.78 is 37.9. The molecule has 1 aliphatic rings. The molecule has 0 unspecified atom stereocenters. The third-order valence-electron chi connectivity index (χ3n) is 4.61. The number of carbonyl (C=O) groups excluding carboxylic acids is 2. The van der Waals surface area contributed by atoms with Gasteiger partial charge < -0.3 is 10.2 Å². The number of alkyl halides is 3. The monoisotopic (exact) mass is 441 g/mol. The zero-order valence-electron chi connectivity index (χ0n) is 16.7. The number of piperidine rings is 1. The summed E-state index contributed by atoms with van der Waals surface area (Å²) in [5, 5.41) is 3.09. The van der Waals surface area contributed by atoms with Crippen LogP contribution < -0.4 is 5.32 Å². The predicted octanol–water partition coefficient (Wildman–Crippen LogP) is 5.27. The van der Waals surface area contributed by atoms with E-state index in [2.05, 4.69) is 10.3 Å². The van der Waals surface area contributed by atoms with E-state index in [1.807, 2.05) is 13.8 Å². The summed E-state index contributed by atoms with van der Waals surface area (Å²) in [5.41, 5.74) is -0.0584. The average Bonchev–Trinajstić information content (AvgIpc) is 2.76. The molecular formula is C21H23ClF3N3O2. The zero-order valence-corrected chi connectivity index (χ0v) is 17.4. The van der Waals surface area contributed by atoms with E-state index >= 15 is 0 Å². The number of hydrogen-bond acceptors (Lipinski definition) is 3. The van der Waals surface area contributed by atoms with Crippen molar-refractivity contribution in [2.45, 2.75) is 32.9 Å². The number of benzene rings is 1. The molecule has 162 valence electrons. The van der Waals surface area contributed by atoms with Crippen molar-refractivity contribution in [3.05, 3.63) is 58.9 Å². The van der Waals surface area contributed by atoms with Gasteiger partial charge in [0.25, 0.3) is 5.91 Å². The smallest absolute Gasteiger partial charge is 0.339 e. The van der Waals surface area contributed by atoms with Crippen LogP contribution in [0.4, 0.5) is 18.9 Å². The first-order chi connectivity index (χ1) is 14.2. The molecule has 1 aromatic heterocycles. The van der Waals surface area contributed by atoms with E-state index in [1.54, 1.807) is 17.0 Å². The molecule has 1 aromatic carbocycles. The van der Waals surface area contributed by atoms with Crippen molar-refractivity contribution < 1.29 is 22.8 Å². The van der Waals surface area contributed by atoms with E-state index in [-0.39, 0.29) is 23.3 Å². The summed E-state index contributed by atoms with van der Waals surface area (Å²) in [4.78, 5) is 30.3. The summed E-state index contributed by atoms with van der Waals surface area (Å²) in [6.45, 7) is 4.72. The highest BCUT2D eigenvalue weighted by molar-refractivity contribution is 6.29. The largest absolute Gasteiger partial charge is 0.416 e. The Labute approximate surface area is 178 Å². The molecule has 1 N–H and O–H groups in total. The molecule has 9 heteroatoms. The molecule has 3 rings (SSSR count). The van der Waals surface area contributed by atoms with Crippen molar-refractivity contribution in [1.82, 2.24) is 9.88 Å². The van der Waals surface area contributed by atoms with E-state index < -0.39 is 11.7 Å². The molecule has 0 atom stereocenters. The maximum atomic E-state index is 12.6. The standard InChI is InChI=1S/C19H17ClF3N3O2.C2H6/c20-16-6-5-15(11-24-16)25-17(27)12-7-9-26(10-8-12)18(28)13-1-3-14(4-2-13)19(21,22)23;1-2/h1-6,11-12H,7-10H2,(H,25,27);1-2H3. The van der Waals surface area contributed by atoms with Gasteiger partial charge in [0.1, 0.15) is 5.15 Å². The van der Waals surface area contributed by atoms with Crippen molar-refractivity contribution in [2.75, 3.05) is 18.4 Å². The van der Waals surface area contributed by atoms with Gasteiger partial charge in [-0.1, -0.05) is 25.4 Å². The molecule has 0 radical (unpaired) electrons. The normalized spacial score (nSPS) is 14.5. The minimum absolute atomic E-state index is 0.161. The Bertz CT molecular complexity index is 847. The van der Waals surface area contributed by atoms with Gasteiger partial charge in [0.2, 0.25) is 5.91 Å². The van der Waals surface area contributed by atoms with Crippen LogP contribution in [0.3, 0.4) is 0 Å². The van der Waals surface area contributed by atoms with Crippen LogP contribution in [-0.4, -0.2) is 34.8 Å². The molecule has 0 bridgehead atoms. The van der Waals surface area contributed by atoms with Crippen molar-refractivity contribution in [3.63, 3.8) is 0 Å². The number of likely N-dealkylation sites (tertiary alicyclic amines) is 1. The minimum atomic E-state index is -4.44. The highest BCUT2D eigenvalue weighted by atomic mass is 35.5. The topological polar surface area (TPSA) is 62.3 Å². The van der Waals surface area contributed by atoms with E-state index in [4.69, 9.17) is 11.6 Å². The van der Waals surface area contributed by atoms with Crippen molar-refractivity contribution in [1.29, 1.82) is 0 Å². The molecule has 30 heavy (non-hydrogen) atoms. The maximum absolute atomic E-state index is 12.6. The quantitative estimate of drug-likeness (QED) is 0.660. The lowest BCUT2D eigenvalue weighted by Gasteiger charge is -2.31. The summed E-state index contributed by atoms with van der Waals surface area (Å²) in [6, 6.07) is 7.37. The third-order valence-corrected chi connectivity index (χ3v) is 4.83. The van der Waals surface area contributed by atoms with Gasteiger partial charge in [-0.05, 0) is 49.2 Å². The van der Waals surface area contributed by atoms with Crippen LogP contribution in [0.1, 0.15) is 42.6 Å². The summed E-state index contributed by atoms with van der Waals surface area (Å²) in [6.07, 6.45) is -2.03. The number of carbonyl (C=O) groups is 2. The van der Waals surface area contributed by atoms with Gasteiger partial charge in [-0.3, -0.25) is 9.59 Å². The number of amides is 2. The van der Waals surface area contributed by atoms with Crippen molar-refractivity contribution >= 4 is 29.1 Å². The second-order valence-corrected chi connectivity index (χ2v) is 6.89. The number of aromatic nitrogens is 1. The second kappa shape index (κ2) is 10.4. The molecule has 2 heterocycles. The first-order valence-corrected chi connectivity index (χ1v) is 10.0. The number of halogens is 4. The lowest BCUT2D eigenvalue weighted by atomic mass is 9.95. The molecule has 1 fully saturated rings. The van der Waals surface area contributed by atoms with Crippen molar-refractivity contribution in [3.8, 4) is 0 Å². The van der Waals surface area contributed by atoms with E-state index in [9.17, 15) is 22.8 Å². The van der Waals surface area contributed by atoms with Crippen LogP contribution in [0.2, 0.25) is 5.15 Å². The van der Waals surface area contributed by atoms with E-state index in [0.29, 0.717) is 36.8 Å². The predicted molar refractivity (Wildman–Crippen MR) is 109 cm³/mol. The Morgan fingerprint density at radius 3 is 2.17 bits per heavy atom. The Morgan fingerprint density at radius 1 is 1.07 bits per heavy atom. The SMILES string of the molecule is CC.O=C(Nc1ccc(Cl)nc1)C1CCN(C(=O)c2ccc(C(F)(F)F)cc2)CC1. The molecule has 2 amide bonds. The molecule has 1 aliphatic heterocycles. The average molecular weight is 442 g/mol. The Morgan fingerprint density at radius 2 is 1.67 bits per heavy atom. The first kappa shape index (κ1) is 23.7. The number of hydrogen-bond donors (Lipinski definition) is 1.